The minimum Gasteiger partial charge on any atom is -0.391 e. The summed E-state index contributed by atoms with van der Waals surface area (Å²) >= 11 is 0. The number of hydrogen-bond donors (Lipinski definition) is 1. The molecule has 0 bridgehead atoms. The fourth-order valence-electron chi connectivity index (χ4n) is 1.59. The van der Waals surface area contributed by atoms with E-state index in [1.54, 1.807) is 6.92 Å². The molecule has 12 heavy (non-hydrogen) atoms. The number of rotatable bonds is 6. The first kappa shape index (κ1) is 10.0. The maximum Gasteiger partial charge on any atom is 0.110 e. The SMILES string of the molecule is CCCCCC[C@@H]1O[C@@H]1[C@H](C)O. The molecule has 0 aromatic heterocycles. The Morgan fingerprint density at radius 1 is 1.33 bits per heavy atom. The van der Waals surface area contributed by atoms with Gasteiger partial charge in [0.2, 0.25) is 0 Å². The minimum absolute atomic E-state index is 0.145. The zero-order chi connectivity index (χ0) is 8.97. The van der Waals surface area contributed by atoms with E-state index in [9.17, 15) is 0 Å². The third-order valence-electron chi connectivity index (χ3n) is 2.44. The van der Waals surface area contributed by atoms with Crippen LogP contribution in [0.25, 0.3) is 0 Å². The van der Waals surface area contributed by atoms with Crippen LogP contribution in [0.1, 0.15) is 46.0 Å². The van der Waals surface area contributed by atoms with E-state index in [0.717, 1.165) is 6.42 Å². The molecule has 0 aromatic rings. The normalized spacial score (nSPS) is 30.2. The lowest BCUT2D eigenvalue weighted by Gasteiger charge is -1.97. The molecular weight excluding hydrogens is 152 g/mol. The second-order valence-electron chi connectivity index (χ2n) is 3.73. The maximum absolute atomic E-state index is 9.14. The minimum atomic E-state index is -0.277. The van der Waals surface area contributed by atoms with Crippen LogP contribution in [0, 0.1) is 0 Å². The lowest BCUT2D eigenvalue weighted by molar-refractivity contribution is 0.152. The van der Waals surface area contributed by atoms with E-state index in [2.05, 4.69) is 6.92 Å². The summed E-state index contributed by atoms with van der Waals surface area (Å²) < 4.78 is 5.31. The van der Waals surface area contributed by atoms with E-state index in [0.29, 0.717) is 6.10 Å². The van der Waals surface area contributed by atoms with Crippen molar-refractivity contribution in [2.24, 2.45) is 0 Å². The van der Waals surface area contributed by atoms with Crippen LogP contribution < -0.4 is 0 Å². The third-order valence-corrected chi connectivity index (χ3v) is 2.44. The summed E-state index contributed by atoms with van der Waals surface area (Å²) in [6.45, 7) is 4.02. The van der Waals surface area contributed by atoms with Crippen molar-refractivity contribution in [3.63, 3.8) is 0 Å². The topological polar surface area (TPSA) is 32.8 Å². The Hall–Kier alpha value is -0.0800. The smallest absolute Gasteiger partial charge is 0.110 e. The van der Waals surface area contributed by atoms with Gasteiger partial charge in [-0.15, -0.1) is 0 Å². The molecule has 0 saturated carbocycles. The molecule has 0 amide bonds. The lowest BCUT2D eigenvalue weighted by atomic mass is 10.1. The molecule has 1 aliphatic heterocycles. The third kappa shape index (κ3) is 3.11. The van der Waals surface area contributed by atoms with E-state index in [4.69, 9.17) is 9.84 Å². The number of epoxide rings is 1. The standard InChI is InChI=1S/C10H20O2/c1-3-4-5-6-7-9-10(12-9)8(2)11/h8-11H,3-7H2,1-2H3/t8-,9-,10+/m0/s1. The number of hydrogen-bond acceptors (Lipinski definition) is 2. The highest BCUT2D eigenvalue weighted by molar-refractivity contribution is 4.88. The predicted molar refractivity (Wildman–Crippen MR) is 49.1 cm³/mol. The first-order chi connectivity index (χ1) is 5.75. The second-order valence-corrected chi connectivity index (χ2v) is 3.73. The van der Waals surface area contributed by atoms with E-state index in [1.807, 2.05) is 0 Å². The van der Waals surface area contributed by atoms with E-state index in [-0.39, 0.29) is 12.2 Å². The van der Waals surface area contributed by atoms with E-state index < -0.39 is 0 Å². The molecule has 3 atom stereocenters. The van der Waals surface area contributed by atoms with Gasteiger partial charge in [0.25, 0.3) is 0 Å². The van der Waals surface area contributed by atoms with Crippen molar-refractivity contribution in [3.05, 3.63) is 0 Å². The van der Waals surface area contributed by atoms with E-state index in [1.165, 1.54) is 25.7 Å². The monoisotopic (exact) mass is 172 g/mol. The number of aliphatic hydroxyl groups excluding tert-OH is 1. The van der Waals surface area contributed by atoms with Gasteiger partial charge in [0.15, 0.2) is 0 Å². The lowest BCUT2D eigenvalue weighted by Crippen LogP contribution is -2.11. The Balaban J connectivity index is 1.90. The van der Waals surface area contributed by atoms with Crippen molar-refractivity contribution in [1.29, 1.82) is 0 Å². The van der Waals surface area contributed by atoms with Gasteiger partial charge in [0.1, 0.15) is 6.10 Å². The average Bonchev–Trinajstić information content (AvgIpc) is 2.77. The molecule has 1 saturated heterocycles. The summed E-state index contributed by atoms with van der Waals surface area (Å²) in [5, 5.41) is 9.14. The van der Waals surface area contributed by atoms with Crippen molar-refractivity contribution < 1.29 is 9.84 Å². The molecule has 0 radical (unpaired) electrons. The Bertz CT molecular complexity index is 123. The summed E-state index contributed by atoms with van der Waals surface area (Å²) in [7, 11) is 0. The number of unbranched alkanes of at least 4 members (excludes halogenated alkanes) is 3. The molecular formula is C10H20O2. The quantitative estimate of drug-likeness (QED) is 0.491. The molecule has 2 heteroatoms. The molecule has 1 heterocycles. The summed E-state index contributed by atoms with van der Waals surface area (Å²) in [6, 6.07) is 0. The Morgan fingerprint density at radius 2 is 2.08 bits per heavy atom. The van der Waals surface area contributed by atoms with Crippen LogP contribution in [0.2, 0.25) is 0 Å². The van der Waals surface area contributed by atoms with Crippen molar-refractivity contribution in [2.45, 2.75) is 64.3 Å². The molecule has 0 spiro atoms. The average molecular weight is 172 g/mol. The highest BCUT2D eigenvalue weighted by atomic mass is 16.6. The fraction of sp³-hybridized carbons (Fsp3) is 1.00. The van der Waals surface area contributed by atoms with Gasteiger partial charge in [-0.2, -0.15) is 0 Å². The van der Waals surface area contributed by atoms with Crippen molar-refractivity contribution in [1.82, 2.24) is 0 Å². The highest BCUT2D eigenvalue weighted by Gasteiger charge is 2.41. The number of ether oxygens (including phenoxy) is 1. The maximum atomic E-state index is 9.14. The van der Waals surface area contributed by atoms with Crippen LogP contribution in [-0.2, 0) is 4.74 Å². The first-order valence-corrected chi connectivity index (χ1v) is 5.09. The Kier molecular flexibility index (Phi) is 4.02. The highest BCUT2D eigenvalue weighted by Crippen LogP contribution is 2.29. The summed E-state index contributed by atoms with van der Waals surface area (Å²) in [5.41, 5.74) is 0. The molecule has 0 unspecified atom stereocenters. The van der Waals surface area contributed by atoms with Crippen LogP contribution in [0.15, 0.2) is 0 Å². The van der Waals surface area contributed by atoms with Gasteiger partial charge in [-0.1, -0.05) is 32.6 Å². The summed E-state index contributed by atoms with van der Waals surface area (Å²) in [6.07, 6.45) is 6.53. The van der Waals surface area contributed by atoms with Gasteiger partial charge in [0, 0.05) is 0 Å². The largest absolute Gasteiger partial charge is 0.391 e. The zero-order valence-corrected chi connectivity index (χ0v) is 8.12. The Morgan fingerprint density at radius 3 is 2.58 bits per heavy atom. The predicted octanol–water partition coefficient (Wildman–Crippen LogP) is 2.10. The molecule has 1 rings (SSSR count). The number of aliphatic hydroxyl groups is 1. The van der Waals surface area contributed by atoms with Gasteiger partial charge in [-0.3, -0.25) is 0 Å². The van der Waals surface area contributed by atoms with Crippen LogP contribution >= 0.6 is 0 Å². The van der Waals surface area contributed by atoms with Crippen LogP contribution in [0.4, 0.5) is 0 Å². The molecule has 1 N–H and O–H groups in total. The van der Waals surface area contributed by atoms with Gasteiger partial charge < -0.3 is 9.84 Å². The molecule has 0 aromatic carbocycles. The van der Waals surface area contributed by atoms with Crippen molar-refractivity contribution in [3.8, 4) is 0 Å². The van der Waals surface area contributed by atoms with Gasteiger partial charge in [-0.05, 0) is 13.3 Å². The van der Waals surface area contributed by atoms with Crippen LogP contribution in [-0.4, -0.2) is 23.4 Å². The van der Waals surface area contributed by atoms with Gasteiger partial charge in [-0.25, -0.2) is 0 Å². The van der Waals surface area contributed by atoms with Gasteiger partial charge >= 0.3 is 0 Å². The van der Waals surface area contributed by atoms with Crippen molar-refractivity contribution in [2.75, 3.05) is 0 Å². The molecule has 2 nitrogen and oxygen atoms in total. The van der Waals surface area contributed by atoms with Crippen molar-refractivity contribution >= 4 is 0 Å². The molecule has 1 fully saturated rings. The van der Waals surface area contributed by atoms with Crippen LogP contribution in [0.3, 0.4) is 0 Å². The first-order valence-electron chi connectivity index (χ1n) is 5.09. The molecule has 1 aliphatic rings. The fourth-order valence-corrected chi connectivity index (χ4v) is 1.59. The van der Waals surface area contributed by atoms with E-state index >= 15 is 0 Å². The Labute approximate surface area is 74.9 Å². The van der Waals surface area contributed by atoms with Gasteiger partial charge in [0.05, 0.1) is 12.2 Å². The summed E-state index contributed by atoms with van der Waals surface area (Å²) in [4.78, 5) is 0. The van der Waals surface area contributed by atoms with Crippen LogP contribution in [0.5, 0.6) is 0 Å². The summed E-state index contributed by atoms with van der Waals surface area (Å²) in [5.74, 6) is 0. The zero-order valence-electron chi connectivity index (χ0n) is 8.12. The second kappa shape index (κ2) is 4.83. The molecule has 0 aliphatic carbocycles. The molecule has 72 valence electrons.